The average molecular weight is 322 g/mol. The van der Waals surface area contributed by atoms with E-state index in [-0.39, 0.29) is 6.42 Å². The Morgan fingerprint density at radius 3 is 2.61 bits per heavy atom. The van der Waals surface area contributed by atoms with Crippen LogP contribution in [0.1, 0.15) is 28.2 Å². The standard InChI is InChI=1S/C20H18O2S/c1-14(16-10-9-15-5-2-3-6-17(15)13-16)19-12-11-18(23-19)7-4-8-20(21)22/h2-3,5-6,9-13H,1,4,7-8H2,(H,21,22). The van der Waals surface area contributed by atoms with Crippen molar-refractivity contribution < 1.29 is 9.90 Å². The average Bonchev–Trinajstić information content (AvgIpc) is 3.02. The Kier molecular flexibility index (Phi) is 4.58. The van der Waals surface area contributed by atoms with Crippen LogP contribution in [-0.4, -0.2) is 11.1 Å². The molecule has 0 spiro atoms. The number of rotatable bonds is 6. The number of carbonyl (C=O) groups is 1. The van der Waals surface area contributed by atoms with Gasteiger partial charge in [0, 0.05) is 16.2 Å². The zero-order valence-corrected chi connectivity index (χ0v) is 13.6. The Balaban J connectivity index is 1.76. The molecule has 0 aliphatic carbocycles. The minimum atomic E-state index is -0.734. The van der Waals surface area contributed by atoms with Crippen molar-refractivity contribution in [3.05, 3.63) is 76.5 Å². The van der Waals surface area contributed by atoms with Gasteiger partial charge in [-0.3, -0.25) is 4.79 Å². The van der Waals surface area contributed by atoms with E-state index in [1.165, 1.54) is 15.6 Å². The minimum absolute atomic E-state index is 0.221. The first-order valence-corrected chi connectivity index (χ1v) is 8.44. The van der Waals surface area contributed by atoms with E-state index in [0.717, 1.165) is 22.4 Å². The second kappa shape index (κ2) is 6.80. The molecule has 3 rings (SSSR count). The third-order valence-corrected chi connectivity index (χ3v) is 5.08. The molecule has 0 aliphatic rings. The van der Waals surface area contributed by atoms with Crippen LogP contribution in [0.5, 0.6) is 0 Å². The van der Waals surface area contributed by atoms with E-state index in [2.05, 4.69) is 49.0 Å². The van der Waals surface area contributed by atoms with Gasteiger partial charge in [-0.1, -0.05) is 43.0 Å². The number of fused-ring (bicyclic) bond motifs is 1. The fourth-order valence-electron chi connectivity index (χ4n) is 2.61. The molecule has 3 aromatic rings. The number of aryl methyl sites for hydroxylation is 1. The quantitative estimate of drug-likeness (QED) is 0.662. The molecule has 0 fully saturated rings. The van der Waals surface area contributed by atoms with Gasteiger partial charge in [-0.2, -0.15) is 0 Å². The summed E-state index contributed by atoms with van der Waals surface area (Å²) in [7, 11) is 0. The summed E-state index contributed by atoms with van der Waals surface area (Å²) in [6.07, 6.45) is 1.71. The van der Waals surface area contributed by atoms with Gasteiger partial charge in [0.2, 0.25) is 0 Å². The zero-order chi connectivity index (χ0) is 16.2. The molecular formula is C20H18O2S. The summed E-state index contributed by atoms with van der Waals surface area (Å²) in [5, 5.41) is 11.1. The molecule has 0 aliphatic heterocycles. The SMILES string of the molecule is C=C(c1ccc2ccccc2c1)c1ccc(CCCC(=O)O)s1. The zero-order valence-electron chi connectivity index (χ0n) is 12.8. The normalized spacial score (nSPS) is 10.8. The van der Waals surface area contributed by atoms with Crippen molar-refractivity contribution >= 4 is 33.7 Å². The summed E-state index contributed by atoms with van der Waals surface area (Å²) in [6.45, 7) is 4.24. The van der Waals surface area contributed by atoms with Crippen LogP contribution in [0.2, 0.25) is 0 Å². The molecule has 2 nitrogen and oxygen atoms in total. The summed E-state index contributed by atoms with van der Waals surface area (Å²) >= 11 is 1.70. The number of carboxylic acid groups (broad SMARTS) is 1. The number of hydrogen-bond donors (Lipinski definition) is 1. The second-order valence-electron chi connectivity index (χ2n) is 5.55. The lowest BCUT2D eigenvalue weighted by Gasteiger charge is -2.05. The van der Waals surface area contributed by atoms with Crippen molar-refractivity contribution in [3.8, 4) is 0 Å². The fourth-order valence-corrected chi connectivity index (χ4v) is 3.65. The second-order valence-corrected chi connectivity index (χ2v) is 6.72. The highest BCUT2D eigenvalue weighted by molar-refractivity contribution is 7.13. The van der Waals surface area contributed by atoms with E-state index in [1.807, 2.05) is 12.1 Å². The van der Waals surface area contributed by atoms with Gasteiger partial charge < -0.3 is 5.11 Å². The lowest BCUT2D eigenvalue weighted by Crippen LogP contribution is -1.94. The maximum Gasteiger partial charge on any atom is 0.303 e. The molecule has 23 heavy (non-hydrogen) atoms. The molecule has 1 aromatic heterocycles. The van der Waals surface area contributed by atoms with Crippen LogP contribution in [0.4, 0.5) is 0 Å². The summed E-state index contributed by atoms with van der Waals surface area (Å²) in [6, 6.07) is 18.9. The molecule has 0 saturated heterocycles. The summed E-state index contributed by atoms with van der Waals surface area (Å²) in [5.41, 5.74) is 2.15. The first kappa shape index (κ1) is 15.5. The van der Waals surface area contributed by atoms with Crippen molar-refractivity contribution in [1.82, 2.24) is 0 Å². The van der Waals surface area contributed by atoms with Gasteiger partial charge in [0.05, 0.1) is 0 Å². The maximum absolute atomic E-state index is 10.6. The van der Waals surface area contributed by atoms with Gasteiger partial charge in [0.25, 0.3) is 0 Å². The number of carboxylic acids is 1. The third-order valence-electron chi connectivity index (χ3n) is 3.87. The molecule has 0 unspecified atom stereocenters. The lowest BCUT2D eigenvalue weighted by atomic mass is 10.0. The van der Waals surface area contributed by atoms with Crippen LogP contribution in [0.25, 0.3) is 16.3 Å². The highest BCUT2D eigenvalue weighted by atomic mass is 32.1. The topological polar surface area (TPSA) is 37.3 Å². The molecule has 1 N–H and O–H groups in total. The van der Waals surface area contributed by atoms with Crippen molar-refractivity contribution in [2.24, 2.45) is 0 Å². The van der Waals surface area contributed by atoms with E-state index >= 15 is 0 Å². The van der Waals surface area contributed by atoms with Gasteiger partial charge in [-0.25, -0.2) is 0 Å². The van der Waals surface area contributed by atoms with E-state index in [9.17, 15) is 4.79 Å². The molecule has 0 bridgehead atoms. The summed E-state index contributed by atoms with van der Waals surface area (Å²) in [5.74, 6) is -0.734. The highest BCUT2D eigenvalue weighted by Crippen LogP contribution is 2.30. The smallest absolute Gasteiger partial charge is 0.303 e. The predicted octanol–water partition coefficient (Wildman–Crippen LogP) is 5.37. The van der Waals surface area contributed by atoms with E-state index in [0.29, 0.717) is 6.42 Å². The first-order valence-electron chi connectivity index (χ1n) is 7.62. The van der Waals surface area contributed by atoms with Gasteiger partial charge in [-0.05, 0) is 52.9 Å². The molecule has 3 heteroatoms. The number of aliphatic carboxylic acids is 1. The van der Waals surface area contributed by atoms with Crippen LogP contribution < -0.4 is 0 Å². The summed E-state index contributed by atoms with van der Waals surface area (Å²) in [4.78, 5) is 12.9. The number of benzene rings is 2. The largest absolute Gasteiger partial charge is 0.481 e. The predicted molar refractivity (Wildman–Crippen MR) is 97.0 cm³/mol. The van der Waals surface area contributed by atoms with Crippen LogP contribution in [-0.2, 0) is 11.2 Å². The Morgan fingerprint density at radius 1 is 1.04 bits per heavy atom. The molecule has 1 heterocycles. The fraction of sp³-hybridized carbons (Fsp3) is 0.150. The first-order chi connectivity index (χ1) is 11.1. The van der Waals surface area contributed by atoms with Gasteiger partial charge in [-0.15, -0.1) is 11.3 Å². The Hall–Kier alpha value is -2.39. The van der Waals surface area contributed by atoms with Gasteiger partial charge >= 0.3 is 5.97 Å². The maximum atomic E-state index is 10.6. The van der Waals surface area contributed by atoms with Crippen LogP contribution >= 0.6 is 11.3 Å². The Bertz CT molecular complexity index is 861. The van der Waals surface area contributed by atoms with Gasteiger partial charge in [0.1, 0.15) is 0 Å². The minimum Gasteiger partial charge on any atom is -0.481 e. The highest BCUT2D eigenvalue weighted by Gasteiger charge is 2.08. The van der Waals surface area contributed by atoms with Crippen LogP contribution in [0.3, 0.4) is 0 Å². The van der Waals surface area contributed by atoms with Crippen molar-refractivity contribution in [2.45, 2.75) is 19.3 Å². The van der Waals surface area contributed by atoms with Gasteiger partial charge in [0.15, 0.2) is 0 Å². The van der Waals surface area contributed by atoms with Crippen molar-refractivity contribution in [1.29, 1.82) is 0 Å². The summed E-state index contributed by atoms with van der Waals surface area (Å²) < 4.78 is 0. The van der Waals surface area contributed by atoms with Crippen LogP contribution in [0.15, 0.2) is 61.2 Å². The molecule has 0 saturated carbocycles. The number of hydrogen-bond acceptors (Lipinski definition) is 2. The van der Waals surface area contributed by atoms with Crippen molar-refractivity contribution in [2.75, 3.05) is 0 Å². The third kappa shape index (κ3) is 3.69. The molecular weight excluding hydrogens is 304 g/mol. The molecule has 116 valence electrons. The molecule has 0 amide bonds. The molecule has 0 radical (unpaired) electrons. The Morgan fingerprint density at radius 2 is 1.83 bits per heavy atom. The lowest BCUT2D eigenvalue weighted by molar-refractivity contribution is -0.137. The molecule has 0 atom stereocenters. The van der Waals surface area contributed by atoms with E-state index in [1.54, 1.807) is 11.3 Å². The van der Waals surface area contributed by atoms with E-state index in [4.69, 9.17) is 5.11 Å². The number of thiophene rings is 1. The van der Waals surface area contributed by atoms with Crippen LogP contribution in [0, 0.1) is 0 Å². The monoisotopic (exact) mass is 322 g/mol. The molecule has 2 aromatic carbocycles. The van der Waals surface area contributed by atoms with Crippen molar-refractivity contribution in [3.63, 3.8) is 0 Å². The van der Waals surface area contributed by atoms with E-state index < -0.39 is 5.97 Å². The Labute approximate surface area is 139 Å².